The Morgan fingerprint density at radius 2 is 0.812 bits per heavy atom. The van der Waals surface area contributed by atoms with Crippen LogP contribution in [-0.2, 0) is 71.4 Å². The minimum atomic E-state index is -1.08. The average molecular weight is 831 g/mol. The van der Waals surface area contributed by atoms with Gasteiger partial charge in [0.1, 0.15) is 46.0 Å². The molecule has 0 aromatic carbocycles. The molecule has 3 atom stereocenters. The Balaban J connectivity index is -0.000000278. The van der Waals surface area contributed by atoms with E-state index >= 15 is 0 Å². The summed E-state index contributed by atoms with van der Waals surface area (Å²) in [6, 6.07) is 0. The van der Waals surface area contributed by atoms with Crippen molar-refractivity contribution in [3.8, 4) is 0 Å². The fraction of sp³-hybridized carbons (Fsp3) is 0.667. The largest absolute Gasteiger partial charge is 0.457 e. The Morgan fingerprint density at radius 1 is 0.542 bits per heavy atom. The molecule has 0 aliphatic carbocycles. The van der Waals surface area contributed by atoms with Crippen LogP contribution in [0.15, 0.2) is 9.98 Å². The molecule has 48 heavy (non-hydrogen) atoms. The van der Waals surface area contributed by atoms with Crippen LogP contribution in [-0.4, -0.2) is 185 Å². The summed E-state index contributed by atoms with van der Waals surface area (Å²) in [5.74, 6) is -5.24. The Kier molecular flexibility index (Phi) is 39.8. The van der Waals surface area contributed by atoms with E-state index in [0.717, 1.165) is 6.54 Å². The van der Waals surface area contributed by atoms with E-state index in [0.29, 0.717) is 0 Å². The summed E-state index contributed by atoms with van der Waals surface area (Å²) >= 11 is 0. The predicted molar refractivity (Wildman–Crippen MR) is 148 cm³/mol. The van der Waals surface area contributed by atoms with Gasteiger partial charge in [0.25, 0.3) is 0 Å². The molecule has 1 radical (unpaired) electrons. The second-order valence-corrected chi connectivity index (χ2v) is 7.28. The number of methoxy groups -OCH3 is 3. The molecule has 275 valence electrons. The number of nitrogens with zero attached hydrogens (tertiary/aromatic N) is 2. The first-order valence-corrected chi connectivity index (χ1v) is 12.7. The summed E-state index contributed by atoms with van der Waals surface area (Å²) in [7, 11) is 3.71. The molecular weight excluding hydrogens is 791 g/mol. The fourth-order valence-electron chi connectivity index (χ4n) is 1.86. The molecule has 0 saturated heterocycles. The second kappa shape index (κ2) is 36.8. The van der Waals surface area contributed by atoms with Gasteiger partial charge in [-0.15, -0.1) is 0 Å². The maximum absolute atomic E-state index is 10.6. The van der Waals surface area contributed by atoms with E-state index in [1.807, 2.05) is 0 Å². The smallest absolute Gasteiger partial charge is 0.334 e. The predicted octanol–water partition coefficient (Wildman–Crippen LogP) is -5.81. The number of aliphatic imine (C=N–C) groups is 2. The van der Waals surface area contributed by atoms with Crippen LogP contribution in [0.2, 0.25) is 0 Å². The van der Waals surface area contributed by atoms with Crippen LogP contribution in [0.25, 0.3) is 0 Å². The van der Waals surface area contributed by atoms with E-state index in [1.54, 1.807) is 12.6 Å². The maximum Gasteiger partial charge on any atom is 0.334 e. The Hall–Kier alpha value is -3.01. The van der Waals surface area contributed by atoms with Gasteiger partial charge in [0, 0.05) is 63.1 Å². The maximum atomic E-state index is 10.6. The number of ether oxygens (including phenoxy) is 9. The van der Waals surface area contributed by atoms with Gasteiger partial charge in [-0.1, -0.05) is 0 Å². The van der Waals surface area contributed by atoms with Gasteiger partial charge >= 0.3 is 35.8 Å². The molecule has 1 aliphatic rings. The van der Waals surface area contributed by atoms with Gasteiger partial charge < -0.3 is 73.3 Å². The van der Waals surface area contributed by atoms with Crippen molar-refractivity contribution in [2.45, 2.75) is 18.9 Å². The number of rotatable bonds is 18. The van der Waals surface area contributed by atoms with E-state index in [4.69, 9.17) is 30.6 Å². The second-order valence-electron chi connectivity index (χ2n) is 7.28. The SMILES string of the molecule is C1=NC=NC1.COC(COC(=O)CO)OC(=O)CO.COC(COC(=O)CO)OC(=O)CO.COC(COC(=O)CO)OC(=O)CO.[La]. The third kappa shape index (κ3) is 34.3. The third-order valence-corrected chi connectivity index (χ3v) is 3.93. The van der Waals surface area contributed by atoms with E-state index in [-0.39, 0.29) is 55.4 Å². The van der Waals surface area contributed by atoms with E-state index in [1.165, 1.54) is 21.3 Å². The van der Waals surface area contributed by atoms with Gasteiger partial charge in [-0.25, -0.2) is 33.8 Å². The molecule has 1 heterocycles. The zero-order valence-corrected chi connectivity index (χ0v) is 29.9. The van der Waals surface area contributed by atoms with Crippen molar-refractivity contribution in [1.29, 1.82) is 0 Å². The Bertz CT molecular complexity index is 841. The van der Waals surface area contributed by atoms with Gasteiger partial charge in [0.05, 0.1) is 6.54 Å². The van der Waals surface area contributed by atoms with Crippen LogP contribution in [0.1, 0.15) is 0 Å². The van der Waals surface area contributed by atoms with Gasteiger partial charge in [0.2, 0.25) is 18.9 Å². The van der Waals surface area contributed by atoms with Crippen LogP contribution < -0.4 is 0 Å². The molecule has 23 nitrogen and oxygen atoms in total. The number of aliphatic hydroxyl groups excluding tert-OH is 6. The molecular formula is C24H40LaN2O21. The quantitative estimate of drug-likeness (QED) is 0.0426. The van der Waals surface area contributed by atoms with Crippen LogP contribution >= 0.6 is 0 Å². The summed E-state index contributed by atoms with van der Waals surface area (Å²) in [4.78, 5) is 70.5. The van der Waals surface area contributed by atoms with Crippen LogP contribution in [0.3, 0.4) is 0 Å². The van der Waals surface area contributed by atoms with E-state index in [2.05, 4.69) is 52.6 Å². The molecule has 1 rings (SSSR count). The number of carbonyl (C=O) groups excluding carboxylic acids is 6. The van der Waals surface area contributed by atoms with Crippen LogP contribution in [0.5, 0.6) is 0 Å². The van der Waals surface area contributed by atoms with Crippen molar-refractivity contribution in [1.82, 2.24) is 0 Å². The number of esters is 6. The first-order valence-electron chi connectivity index (χ1n) is 12.7. The normalized spacial score (nSPS) is 12.3. The molecule has 0 fully saturated rings. The summed E-state index contributed by atoms with van der Waals surface area (Å²) in [5.41, 5.74) is 0. The molecule has 0 spiro atoms. The third-order valence-electron chi connectivity index (χ3n) is 3.93. The van der Waals surface area contributed by atoms with Gasteiger partial charge in [-0.05, 0) is 0 Å². The summed E-state index contributed by atoms with van der Waals surface area (Å²) in [6.07, 6.45) is 0.0838. The molecule has 0 saturated carbocycles. The van der Waals surface area contributed by atoms with Crippen molar-refractivity contribution in [2.24, 2.45) is 9.98 Å². The number of hydrogen-bond acceptors (Lipinski definition) is 23. The van der Waals surface area contributed by atoms with Crippen LogP contribution in [0, 0.1) is 35.6 Å². The van der Waals surface area contributed by atoms with Gasteiger partial charge in [-0.3, -0.25) is 4.99 Å². The molecule has 0 aromatic heterocycles. The summed E-state index contributed by atoms with van der Waals surface area (Å²) in [5, 5.41) is 49.8. The average Bonchev–Trinajstić information content (AvgIpc) is 3.70. The standard InChI is InChI=1S/3C7H12O7.C3H4N2.La/c3*1-12-7(14-6(11)3-9)4-13-5(10)2-8;1-2-5-3-4-1;/h3*7-9H,2-4H2,1H3;1,3H,2H2;. The number of hydrogen-bond donors (Lipinski definition) is 6. The number of carbonyl (C=O) groups is 6. The first kappa shape index (κ1) is 51.8. The van der Waals surface area contributed by atoms with Gasteiger partial charge in [-0.2, -0.15) is 0 Å². The number of aliphatic hydroxyl groups is 6. The molecule has 0 aromatic rings. The molecule has 6 N–H and O–H groups in total. The molecule has 3 unspecified atom stereocenters. The minimum absolute atomic E-state index is 0. The topological polar surface area (TPSA) is 332 Å². The molecule has 0 amide bonds. The molecule has 24 heteroatoms. The van der Waals surface area contributed by atoms with Gasteiger partial charge in [0.15, 0.2) is 19.8 Å². The van der Waals surface area contributed by atoms with E-state index in [9.17, 15) is 28.8 Å². The zero-order chi connectivity index (χ0) is 36.5. The Labute approximate surface area is 301 Å². The van der Waals surface area contributed by atoms with Crippen molar-refractivity contribution in [3.05, 3.63) is 0 Å². The van der Waals surface area contributed by atoms with Crippen LogP contribution in [0.4, 0.5) is 0 Å². The molecule has 0 bridgehead atoms. The Morgan fingerprint density at radius 3 is 0.958 bits per heavy atom. The van der Waals surface area contributed by atoms with E-state index < -0.39 is 94.3 Å². The monoisotopic (exact) mass is 831 g/mol. The van der Waals surface area contributed by atoms with Crippen molar-refractivity contribution >= 4 is 48.4 Å². The first-order chi connectivity index (χ1) is 22.4. The minimum Gasteiger partial charge on any atom is -0.457 e. The summed E-state index contributed by atoms with van der Waals surface area (Å²) in [6.45, 7) is -4.85. The zero-order valence-electron chi connectivity index (χ0n) is 26.2. The molecule has 1 aliphatic heterocycles. The van der Waals surface area contributed by atoms with Crippen molar-refractivity contribution in [2.75, 3.05) is 87.3 Å². The fourth-order valence-corrected chi connectivity index (χ4v) is 1.86. The summed E-state index contributed by atoms with van der Waals surface area (Å²) < 4.78 is 40.5. The van der Waals surface area contributed by atoms with Crippen molar-refractivity contribution in [3.63, 3.8) is 0 Å². The van der Waals surface area contributed by atoms with Crippen molar-refractivity contribution < 1.29 is 138 Å².